The van der Waals surface area contributed by atoms with Crippen molar-refractivity contribution in [3.63, 3.8) is 0 Å². The van der Waals surface area contributed by atoms with Crippen LogP contribution in [0.2, 0.25) is 0 Å². The Kier molecular flexibility index (Phi) is 4.69. The van der Waals surface area contributed by atoms with Crippen LogP contribution in [-0.4, -0.2) is 27.8 Å². The third-order valence-corrected chi connectivity index (χ3v) is 2.84. The molecule has 2 aromatic rings. The molecular weight excluding hydrogens is 242 g/mol. The smallest absolute Gasteiger partial charge is 0.303 e. The average molecular weight is 259 g/mol. The maximum atomic E-state index is 10.4. The molecule has 0 unspecified atom stereocenters. The van der Waals surface area contributed by atoms with Crippen molar-refractivity contribution in [2.24, 2.45) is 0 Å². The van der Waals surface area contributed by atoms with E-state index in [1.54, 1.807) is 6.20 Å². The lowest BCUT2D eigenvalue weighted by molar-refractivity contribution is -0.137. The number of benzene rings is 1. The normalized spacial score (nSPS) is 10.5. The van der Waals surface area contributed by atoms with Gasteiger partial charge < -0.3 is 10.4 Å². The van der Waals surface area contributed by atoms with Crippen LogP contribution in [0.25, 0.3) is 11.3 Å². The van der Waals surface area contributed by atoms with Gasteiger partial charge in [0.1, 0.15) is 0 Å². The zero-order valence-corrected chi connectivity index (χ0v) is 10.6. The van der Waals surface area contributed by atoms with Crippen LogP contribution < -0.4 is 5.32 Å². The minimum atomic E-state index is -0.755. The predicted molar refractivity (Wildman–Crippen MR) is 72.6 cm³/mol. The number of rotatable bonds is 7. The van der Waals surface area contributed by atoms with Crippen molar-refractivity contribution in [2.75, 3.05) is 6.54 Å². The van der Waals surface area contributed by atoms with E-state index >= 15 is 0 Å². The highest BCUT2D eigenvalue weighted by atomic mass is 16.4. The second kappa shape index (κ2) is 6.70. The van der Waals surface area contributed by atoms with Gasteiger partial charge in [-0.15, -0.1) is 0 Å². The molecule has 0 radical (unpaired) electrons. The Labute approximate surface area is 111 Å². The summed E-state index contributed by atoms with van der Waals surface area (Å²) in [6, 6.07) is 10.0. The maximum Gasteiger partial charge on any atom is 0.303 e. The summed E-state index contributed by atoms with van der Waals surface area (Å²) >= 11 is 0. The first-order chi connectivity index (χ1) is 9.27. The molecule has 19 heavy (non-hydrogen) atoms. The molecule has 0 amide bonds. The van der Waals surface area contributed by atoms with Gasteiger partial charge in [0.25, 0.3) is 0 Å². The highest BCUT2D eigenvalue weighted by Crippen LogP contribution is 2.20. The van der Waals surface area contributed by atoms with Gasteiger partial charge in [-0.1, -0.05) is 30.3 Å². The molecule has 1 aromatic carbocycles. The van der Waals surface area contributed by atoms with Crippen LogP contribution in [0.1, 0.15) is 18.4 Å². The van der Waals surface area contributed by atoms with E-state index in [0.717, 1.165) is 16.8 Å². The van der Waals surface area contributed by atoms with Crippen molar-refractivity contribution < 1.29 is 9.90 Å². The molecule has 0 aliphatic heterocycles. The van der Waals surface area contributed by atoms with Gasteiger partial charge in [0.05, 0.1) is 11.9 Å². The van der Waals surface area contributed by atoms with E-state index in [-0.39, 0.29) is 6.42 Å². The van der Waals surface area contributed by atoms with Crippen molar-refractivity contribution >= 4 is 5.97 Å². The minimum Gasteiger partial charge on any atom is -0.481 e. The first kappa shape index (κ1) is 13.3. The van der Waals surface area contributed by atoms with Crippen LogP contribution in [0.4, 0.5) is 0 Å². The fourth-order valence-corrected chi connectivity index (χ4v) is 1.89. The average Bonchev–Trinajstić information content (AvgIpc) is 2.87. The number of aliphatic carboxylic acids is 1. The fourth-order valence-electron chi connectivity index (χ4n) is 1.89. The van der Waals surface area contributed by atoms with E-state index in [2.05, 4.69) is 15.5 Å². The van der Waals surface area contributed by atoms with Crippen molar-refractivity contribution in [1.29, 1.82) is 0 Å². The van der Waals surface area contributed by atoms with Crippen LogP contribution in [-0.2, 0) is 11.3 Å². The molecule has 0 atom stereocenters. The summed E-state index contributed by atoms with van der Waals surface area (Å²) in [6.07, 6.45) is 2.63. The number of hydrogen-bond acceptors (Lipinski definition) is 3. The Bertz CT molecular complexity index is 522. The van der Waals surface area contributed by atoms with Crippen molar-refractivity contribution in [2.45, 2.75) is 19.4 Å². The molecular formula is C14H17N3O2. The molecule has 0 saturated heterocycles. The Morgan fingerprint density at radius 1 is 1.32 bits per heavy atom. The van der Waals surface area contributed by atoms with Crippen LogP contribution in [0, 0.1) is 0 Å². The molecule has 0 fully saturated rings. The second-order valence-electron chi connectivity index (χ2n) is 4.31. The number of aromatic amines is 1. The molecule has 0 bridgehead atoms. The van der Waals surface area contributed by atoms with Crippen molar-refractivity contribution in [1.82, 2.24) is 15.5 Å². The summed E-state index contributed by atoms with van der Waals surface area (Å²) in [5, 5.41) is 18.8. The number of H-pyrrole nitrogens is 1. The fraction of sp³-hybridized carbons (Fsp3) is 0.286. The lowest BCUT2D eigenvalue weighted by atomic mass is 10.1. The Morgan fingerprint density at radius 2 is 2.11 bits per heavy atom. The molecule has 0 aliphatic rings. The quantitative estimate of drug-likeness (QED) is 0.665. The first-order valence-electron chi connectivity index (χ1n) is 6.27. The van der Waals surface area contributed by atoms with E-state index in [9.17, 15) is 4.79 Å². The molecule has 5 nitrogen and oxygen atoms in total. The standard InChI is InChI=1S/C14H17N3O2/c18-13(19)7-4-8-15-9-12-10-16-17-14(12)11-5-2-1-3-6-11/h1-3,5-6,10,15H,4,7-9H2,(H,16,17)(H,18,19). The van der Waals surface area contributed by atoms with Gasteiger partial charge >= 0.3 is 5.97 Å². The van der Waals surface area contributed by atoms with Gasteiger partial charge in [0, 0.05) is 18.5 Å². The number of nitrogens with zero attached hydrogens (tertiary/aromatic N) is 1. The predicted octanol–water partition coefficient (Wildman–Crippen LogP) is 2.03. The molecule has 0 saturated carbocycles. The van der Waals surface area contributed by atoms with Gasteiger partial charge in [-0.05, 0) is 18.5 Å². The highest BCUT2D eigenvalue weighted by molar-refractivity contribution is 5.66. The number of hydrogen-bond donors (Lipinski definition) is 3. The first-order valence-corrected chi connectivity index (χ1v) is 6.27. The van der Waals surface area contributed by atoms with Gasteiger partial charge in [0.2, 0.25) is 0 Å². The van der Waals surface area contributed by atoms with Gasteiger partial charge in [-0.25, -0.2) is 0 Å². The van der Waals surface area contributed by atoms with Gasteiger partial charge in [0.15, 0.2) is 0 Å². The molecule has 3 N–H and O–H groups in total. The number of carboxylic acids is 1. The highest BCUT2D eigenvalue weighted by Gasteiger charge is 2.06. The maximum absolute atomic E-state index is 10.4. The zero-order chi connectivity index (χ0) is 13.5. The summed E-state index contributed by atoms with van der Waals surface area (Å²) in [4.78, 5) is 10.4. The third-order valence-electron chi connectivity index (χ3n) is 2.84. The summed E-state index contributed by atoms with van der Waals surface area (Å²) in [7, 11) is 0. The summed E-state index contributed by atoms with van der Waals surface area (Å²) in [5.74, 6) is -0.755. The van der Waals surface area contributed by atoms with Crippen molar-refractivity contribution in [3.05, 3.63) is 42.1 Å². The van der Waals surface area contributed by atoms with E-state index in [1.165, 1.54) is 0 Å². The Balaban J connectivity index is 1.88. The number of carbonyl (C=O) groups is 1. The van der Waals surface area contributed by atoms with Crippen LogP contribution >= 0.6 is 0 Å². The van der Waals surface area contributed by atoms with Crippen LogP contribution in [0.3, 0.4) is 0 Å². The van der Waals surface area contributed by atoms with Crippen molar-refractivity contribution in [3.8, 4) is 11.3 Å². The molecule has 0 aliphatic carbocycles. The number of carboxylic acid groups (broad SMARTS) is 1. The molecule has 100 valence electrons. The van der Waals surface area contributed by atoms with E-state index in [1.807, 2.05) is 30.3 Å². The van der Waals surface area contributed by atoms with E-state index in [0.29, 0.717) is 19.5 Å². The largest absolute Gasteiger partial charge is 0.481 e. The van der Waals surface area contributed by atoms with Crippen LogP contribution in [0.5, 0.6) is 0 Å². The minimum absolute atomic E-state index is 0.198. The lowest BCUT2D eigenvalue weighted by Gasteiger charge is -2.05. The Hall–Kier alpha value is -2.14. The zero-order valence-electron chi connectivity index (χ0n) is 10.6. The number of aromatic nitrogens is 2. The molecule has 1 heterocycles. The Morgan fingerprint density at radius 3 is 2.84 bits per heavy atom. The molecule has 5 heteroatoms. The summed E-state index contributed by atoms with van der Waals surface area (Å²) in [5.41, 5.74) is 3.19. The van der Waals surface area contributed by atoms with E-state index in [4.69, 9.17) is 5.11 Å². The summed E-state index contributed by atoms with van der Waals surface area (Å²) < 4.78 is 0. The monoisotopic (exact) mass is 259 g/mol. The SMILES string of the molecule is O=C(O)CCCNCc1cn[nH]c1-c1ccccc1. The van der Waals surface area contributed by atoms with Gasteiger partial charge in [-0.3, -0.25) is 9.89 Å². The molecule has 0 spiro atoms. The second-order valence-corrected chi connectivity index (χ2v) is 4.31. The van der Waals surface area contributed by atoms with E-state index < -0.39 is 5.97 Å². The third kappa shape index (κ3) is 3.93. The van der Waals surface area contributed by atoms with Crippen LogP contribution in [0.15, 0.2) is 36.5 Å². The topological polar surface area (TPSA) is 78.0 Å². The lowest BCUT2D eigenvalue weighted by Crippen LogP contribution is -2.15. The molecule has 2 rings (SSSR count). The summed E-state index contributed by atoms with van der Waals surface area (Å²) in [6.45, 7) is 1.37. The molecule has 1 aromatic heterocycles. The van der Waals surface area contributed by atoms with Gasteiger partial charge in [-0.2, -0.15) is 5.10 Å². The number of nitrogens with one attached hydrogen (secondary N) is 2.